The van der Waals surface area contributed by atoms with E-state index in [9.17, 15) is 4.79 Å². The molecule has 1 fully saturated rings. The van der Waals surface area contributed by atoms with E-state index in [0.717, 1.165) is 33.2 Å². The fraction of sp³-hybridized carbons (Fsp3) is 0.273. The van der Waals surface area contributed by atoms with Gasteiger partial charge in [0.1, 0.15) is 5.82 Å². The lowest BCUT2D eigenvalue weighted by Gasteiger charge is -2.17. The van der Waals surface area contributed by atoms with Crippen LogP contribution in [0.3, 0.4) is 0 Å². The van der Waals surface area contributed by atoms with Crippen molar-refractivity contribution in [2.75, 3.05) is 26.5 Å². The van der Waals surface area contributed by atoms with E-state index in [0.29, 0.717) is 24.5 Å². The largest absolute Gasteiger partial charge is 0.493 e. The van der Waals surface area contributed by atoms with E-state index in [-0.39, 0.29) is 5.91 Å². The van der Waals surface area contributed by atoms with Gasteiger partial charge < -0.3 is 18.9 Å². The number of hydrogen-bond acceptors (Lipinski definition) is 5. The van der Waals surface area contributed by atoms with Gasteiger partial charge in [-0.1, -0.05) is 18.2 Å². The number of carbonyl (C=O) groups is 1. The van der Waals surface area contributed by atoms with Gasteiger partial charge in [0.2, 0.25) is 5.91 Å². The minimum Gasteiger partial charge on any atom is -0.493 e. The maximum atomic E-state index is 13.0. The molecule has 6 nitrogen and oxygen atoms in total. The number of amides is 1. The Hall–Kier alpha value is -2.93. The van der Waals surface area contributed by atoms with Crippen LogP contribution < -0.4 is 9.47 Å². The molecule has 0 bridgehead atoms. The summed E-state index contributed by atoms with van der Waals surface area (Å²) in [7, 11) is 5.19. The van der Waals surface area contributed by atoms with Crippen LogP contribution in [0.15, 0.2) is 47.5 Å². The second-order valence-corrected chi connectivity index (χ2v) is 7.88. The van der Waals surface area contributed by atoms with Crippen molar-refractivity contribution in [1.29, 1.82) is 0 Å². The number of aromatic nitrogens is 2. The molecule has 0 unspecified atom stereocenters. The number of rotatable bonds is 5. The van der Waals surface area contributed by atoms with Crippen molar-refractivity contribution in [3.8, 4) is 11.5 Å². The van der Waals surface area contributed by atoms with Crippen molar-refractivity contribution in [2.45, 2.75) is 6.42 Å². The van der Waals surface area contributed by atoms with E-state index in [4.69, 9.17) is 14.5 Å². The molecule has 0 spiro atoms. The summed E-state index contributed by atoms with van der Waals surface area (Å²) in [5, 5.41) is 0.939. The summed E-state index contributed by atoms with van der Waals surface area (Å²) in [5.41, 5.74) is 2.92. The lowest BCUT2D eigenvalue weighted by atomic mass is 10.1. The normalized spacial score (nSPS) is 15.3. The van der Waals surface area contributed by atoms with Crippen molar-refractivity contribution >= 4 is 34.8 Å². The van der Waals surface area contributed by atoms with Crippen LogP contribution in [0.4, 0.5) is 0 Å². The lowest BCUT2D eigenvalue weighted by molar-refractivity contribution is -0.127. The van der Waals surface area contributed by atoms with Gasteiger partial charge in [-0.15, -0.1) is 11.8 Å². The van der Waals surface area contributed by atoms with Crippen LogP contribution in [0.25, 0.3) is 17.1 Å². The third-order valence-corrected chi connectivity index (χ3v) is 6.03. The number of nitrogens with zero attached hydrogens (tertiary/aromatic N) is 3. The quantitative estimate of drug-likeness (QED) is 0.643. The predicted octanol–water partition coefficient (Wildman–Crippen LogP) is 3.71. The monoisotopic (exact) mass is 409 g/mol. The highest BCUT2D eigenvalue weighted by Gasteiger charge is 2.25. The van der Waals surface area contributed by atoms with Crippen LogP contribution in [0.2, 0.25) is 0 Å². The molecule has 1 aliphatic rings. The number of fused-ring (bicyclic) bond motifs is 1. The number of imidazole rings is 1. The third kappa shape index (κ3) is 3.82. The third-order valence-electron chi connectivity index (χ3n) is 5.01. The standard InChI is InChI=1S/C22H23N3O3S/c1-24-17-7-5-4-6-16(17)23-20(24)14-22-25(10-11-29-22)21(26)13-15-8-9-18(27-2)19(12-15)28-3/h4-9,12,14H,10-11,13H2,1-3H3/b22-14+. The molecule has 1 aromatic heterocycles. The van der Waals surface area contributed by atoms with Gasteiger partial charge >= 0.3 is 0 Å². The van der Waals surface area contributed by atoms with Gasteiger partial charge in [-0.05, 0) is 29.8 Å². The molecule has 29 heavy (non-hydrogen) atoms. The van der Waals surface area contributed by atoms with Crippen molar-refractivity contribution in [3.63, 3.8) is 0 Å². The Morgan fingerprint density at radius 2 is 1.97 bits per heavy atom. The number of carbonyl (C=O) groups excluding carboxylic acids is 1. The smallest absolute Gasteiger partial charge is 0.231 e. The Balaban J connectivity index is 1.57. The summed E-state index contributed by atoms with van der Waals surface area (Å²) in [5.74, 6) is 3.08. The van der Waals surface area contributed by atoms with Gasteiger partial charge in [0.25, 0.3) is 0 Å². The van der Waals surface area contributed by atoms with Gasteiger partial charge in [-0.25, -0.2) is 4.98 Å². The second kappa shape index (κ2) is 8.21. The van der Waals surface area contributed by atoms with Crippen LogP contribution >= 0.6 is 11.8 Å². The highest BCUT2D eigenvalue weighted by atomic mass is 32.2. The average Bonchev–Trinajstić information content (AvgIpc) is 3.33. The van der Waals surface area contributed by atoms with Crippen LogP contribution in [-0.4, -0.2) is 46.9 Å². The first-order chi connectivity index (χ1) is 14.1. The number of thioether (sulfide) groups is 1. The van der Waals surface area contributed by atoms with E-state index >= 15 is 0 Å². The lowest BCUT2D eigenvalue weighted by Crippen LogP contribution is -2.28. The molecule has 2 heterocycles. The number of aryl methyl sites for hydroxylation is 1. The molecule has 150 valence electrons. The minimum atomic E-state index is 0.0623. The number of para-hydroxylation sites is 2. The topological polar surface area (TPSA) is 56.6 Å². The highest BCUT2D eigenvalue weighted by molar-refractivity contribution is 8.03. The molecule has 1 amide bonds. The van der Waals surface area contributed by atoms with Crippen LogP contribution in [0.1, 0.15) is 11.4 Å². The number of ether oxygens (including phenoxy) is 2. The Bertz CT molecular complexity index is 1090. The summed E-state index contributed by atoms with van der Waals surface area (Å²) in [4.78, 5) is 19.5. The van der Waals surface area contributed by atoms with Crippen molar-refractivity contribution in [3.05, 3.63) is 58.9 Å². The molecule has 0 radical (unpaired) electrons. The Morgan fingerprint density at radius 3 is 2.72 bits per heavy atom. The fourth-order valence-corrected chi connectivity index (χ4v) is 4.48. The maximum absolute atomic E-state index is 13.0. The maximum Gasteiger partial charge on any atom is 0.231 e. The number of hydrogen-bond donors (Lipinski definition) is 0. The average molecular weight is 410 g/mol. The Kier molecular flexibility index (Phi) is 5.49. The second-order valence-electron chi connectivity index (χ2n) is 6.76. The zero-order chi connectivity index (χ0) is 20.4. The fourth-order valence-electron chi connectivity index (χ4n) is 3.46. The Morgan fingerprint density at radius 1 is 1.17 bits per heavy atom. The molecule has 0 N–H and O–H groups in total. The summed E-state index contributed by atoms with van der Waals surface area (Å²) < 4.78 is 12.7. The van der Waals surface area contributed by atoms with E-state index in [1.165, 1.54) is 0 Å². The van der Waals surface area contributed by atoms with Crippen LogP contribution in [-0.2, 0) is 18.3 Å². The first kappa shape index (κ1) is 19.4. The molecule has 1 aliphatic heterocycles. The summed E-state index contributed by atoms with van der Waals surface area (Å²) >= 11 is 1.68. The van der Waals surface area contributed by atoms with Crippen molar-refractivity contribution in [1.82, 2.24) is 14.5 Å². The summed E-state index contributed by atoms with van der Waals surface area (Å²) in [6, 6.07) is 13.6. The van der Waals surface area contributed by atoms with Gasteiger partial charge in [0.05, 0.1) is 36.7 Å². The first-order valence-electron chi connectivity index (χ1n) is 9.38. The molecule has 0 saturated carbocycles. The van der Waals surface area contributed by atoms with Crippen molar-refractivity contribution < 1.29 is 14.3 Å². The molecule has 3 aromatic rings. The molecular formula is C22H23N3O3S. The molecular weight excluding hydrogens is 386 g/mol. The SMILES string of the molecule is COc1ccc(CC(=O)N2CCS/C2=C/c2nc3ccccc3n2C)cc1OC. The van der Waals surface area contributed by atoms with Crippen LogP contribution in [0, 0.1) is 0 Å². The van der Waals surface area contributed by atoms with E-state index in [2.05, 4.69) is 4.57 Å². The summed E-state index contributed by atoms with van der Waals surface area (Å²) in [6.07, 6.45) is 2.31. The van der Waals surface area contributed by atoms with Gasteiger partial charge in [0.15, 0.2) is 11.5 Å². The predicted molar refractivity (Wildman–Crippen MR) is 116 cm³/mol. The molecule has 0 atom stereocenters. The summed E-state index contributed by atoms with van der Waals surface area (Å²) in [6.45, 7) is 0.701. The van der Waals surface area contributed by atoms with Gasteiger partial charge in [0, 0.05) is 25.4 Å². The zero-order valence-corrected chi connectivity index (χ0v) is 17.5. The molecule has 7 heteroatoms. The van der Waals surface area contributed by atoms with E-state index < -0.39 is 0 Å². The van der Waals surface area contributed by atoms with Gasteiger partial charge in [-0.2, -0.15) is 0 Å². The van der Waals surface area contributed by atoms with E-state index in [1.807, 2.05) is 60.5 Å². The zero-order valence-electron chi connectivity index (χ0n) is 16.7. The minimum absolute atomic E-state index is 0.0623. The van der Waals surface area contributed by atoms with Crippen LogP contribution in [0.5, 0.6) is 11.5 Å². The first-order valence-corrected chi connectivity index (χ1v) is 10.4. The molecule has 1 saturated heterocycles. The highest BCUT2D eigenvalue weighted by Crippen LogP contribution is 2.32. The van der Waals surface area contributed by atoms with E-state index in [1.54, 1.807) is 26.0 Å². The number of benzene rings is 2. The number of methoxy groups -OCH3 is 2. The van der Waals surface area contributed by atoms with Gasteiger partial charge in [-0.3, -0.25) is 4.79 Å². The molecule has 4 rings (SSSR count). The van der Waals surface area contributed by atoms with Crippen molar-refractivity contribution in [2.24, 2.45) is 7.05 Å². The molecule has 0 aliphatic carbocycles. The molecule has 2 aromatic carbocycles. The Labute approximate surface area is 174 Å².